The molecule has 1 heterocycles. The van der Waals surface area contributed by atoms with Gasteiger partial charge in [0, 0.05) is 36.6 Å². The quantitative estimate of drug-likeness (QED) is 0.913. The van der Waals surface area contributed by atoms with E-state index in [9.17, 15) is 4.79 Å². The predicted molar refractivity (Wildman–Crippen MR) is 98.9 cm³/mol. The Morgan fingerprint density at radius 2 is 1.96 bits per heavy atom. The lowest BCUT2D eigenvalue weighted by molar-refractivity contribution is -0.126. The number of benzene rings is 1. The molecule has 1 aromatic heterocycles. The molecule has 0 aliphatic heterocycles. The number of nitrogens with one attached hydrogen (secondary N) is 1. The smallest absolute Gasteiger partial charge is 0.223 e. The number of nitrogens with zero attached hydrogens (tertiary/aromatic N) is 2. The second-order valence-corrected chi connectivity index (χ2v) is 7.27. The van der Waals surface area contributed by atoms with Crippen LogP contribution in [0.1, 0.15) is 43.7 Å². The van der Waals surface area contributed by atoms with Crippen LogP contribution in [0.15, 0.2) is 30.5 Å². The minimum Gasteiger partial charge on any atom is -0.354 e. The number of carbonyl (C=O) groups is 1. The van der Waals surface area contributed by atoms with Crippen LogP contribution in [-0.4, -0.2) is 36.0 Å². The first kappa shape index (κ1) is 17.0. The van der Waals surface area contributed by atoms with E-state index in [1.54, 1.807) is 0 Å². The minimum atomic E-state index is 0.184. The highest BCUT2D eigenvalue weighted by Crippen LogP contribution is 2.29. The van der Waals surface area contributed by atoms with E-state index >= 15 is 0 Å². The highest BCUT2D eigenvalue weighted by atomic mass is 16.1. The summed E-state index contributed by atoms with van der Waals surface area (Å²) < 4.78 is 2.17. The van der Waals surface area contributed by atoms with Crippen molar-refractivity contribution in [3.8, 4) is 0 Å². The monoisotopic (exact) mass is 327 g/mol. The highest BCUT2D eigenvalue weighted by Gasteiger charge is 2.24. The summed E-state index contributed by atoms with van der Waals surface area (Å²) in [5, 5.41) is 4.49. The standard InChI is InChI=1S/C20H29N3O/c1-22(2)19(13-21-20(24)15-9-5-4-6-10-15)17-14-23(3)18-12-8-7-11-16(17)18/h7-8,11-12,14-15,19H,4-6,9-10,13H2,1-3H3,(H,21,24). The average Bonchev–Trinajstić information content (AvgIpc) is 2.93. The first-order valence-electron chi connectivity index (χ1n) is 9.06. The maximum atomic E-state index is 12.5. The average molecular weight is 327 g/mol. The predicted octanol–water partition coefficient (Wildman–Crippen LogP) is 3.48. The van der Waals surface area contributed by atoms with Crippen LogP contribution < -0.4 is 5.32 Å². The summed E-state index contributed by atoms with van der Waals surface area (Å²) in [6.45, 7) is 0.663. The van der Waals surface area contributed by atoms with Crippen LogP contribution in [0.2, 0.25) is 0 Å². The van der Waals surface area contributed by atoms with E-state index in [4.69, 9.17) is 0 Å². The van der Waals surface area contributed by atoms with E-state index < -0.39 is 0 Å². The molecule has 1 aromatic carbocycles. The van der Waals surface area contributed by atoms with Crippen molar-refractivity contribution < 1.29 is 4.79 Å². The largest absolute Gasteiger partial charge is 0.354 e. The molecule has 24 heavy (non-hydrogen) atoms. The van der Waals surface area contributed by atoms with Crippen molar-refractivity contribution in [3.05, 3.63) is 36.0 Å². The zero-order valence-corrected chi connectivity index (χ0v) is 15.1. The number of fused-ring (bicyclic) bond motifs is 1. The Hall–Kier alpha value is -1.81. The van der Waals surface area contributed by atoms with Gasteiger partial charge < -0.3 is 14.8 Å². The van der Waals surface area contributed by atoms with Crippen LogP contribution in [0, 0.1) is 5.92 Å². The van der Waals surface area contributed by atoms with E-state index in [0.29, 0.717) is 6.54 Å². The van der Waals surface area contributed by atoms with Crippen molar-refractivity contribution in [2.75, 3.05) is 20.6 Å². The number of aryl methyl sites for hydroxylation is 1. The van der Waals surface area contributed by atoms with Crippen molar-refractivity contribution in [1.29, 1.82) is 0 Å². The molecular weight excluding hydrogens is 298 g/mol. The van der Waals surface area contributed by atoms with Crippen LogP contribution in [0.5, 0.6) is 0 Å². The molecule has 1 aliphatic rings. The van der Waals surface area contributed by atoms with Gasteiger partial charge in [-0.25, -0.2) is 0 Å². The lowest BCUT2D eigenvalue weighted by Crippen LogP contribution is -2.38. The number of hydrogen-bond acceptors (Lipinski definition) is 2. The van der Waals surface area contributed by atoms with Gasteiger partial charge in [-0.15, -0.1) is 0 Å². The van der Waals surface area contributed by atoms with Gasteiger partial charge in [0.1, 0.15) is 0 Å². The summed E-state index contributed by atoms with van der Waals surface area (Å²) in [5.41, 5.74) is 2.51. The Kier molecular flexibility index (Phi) is 5.24. The fourth-order valence-electron chi connectivity index (χ4n) is 3.92. The normalized spacial score (nSPS) is 17.3. The van der Waals surface area contributed by atoms with Crippen molar-refractivity contribution >= 4 is 16.8 Å². The molecule has 1 fully saturated rings. The Morgan fingerprint density at radius 1 is 1.25 bits per heavy atom. The SMILES string of the molecule is CN(C)C(CNC(=O)C1CCCCC1)c1cn(C)c2ccccc12. The molecule has 4 nitrogen and oxygen atoms in total. The summed E-state index contributed by atoms with van der Waals surface area (Å²) in [5.74, 6) is 0.455. The van der Waals surface area contributed by atoms with Crippen LogP contribution in [0.4, 0.5) is 0 Å². The molecule has 1 atom stereocenters. The van der Waals surface area contributed by atoms with Gasteiger partial charge >= 0.3 is 0 Å². The van der Waals surface area contributed by atoms with Crippen molar-refractivity contribution in [2.24, 2.45) is 13.0 Å². The number of para-hydroxylation sites is 1. The topological polar surface area (TPSA) is 37.3 Å². The Labute approximate surface area is 144 Å². The maximum absolute atomic E-state index is 12.5. The van der Waals surface area contributed by atoms with Gasteiger partial charge in [-0.1, -0.05) is 37.5 Å². The van der Waals surface area contributed by atoms with Gasteiger partial charge in [0.05, 0.1) is 6.04 Å². The number of rotatable bonds is 5. The zero-order chi connectivity index (χ0) is 17.1. The summed E-state index contributed by atoms with van der Waals surface area (Å²) in [6, 6.07) is 8.65. The molecule has 0 saturated heterocycles. The van der Waals surface area contributed by atoms with Gasteiger partial charge in [-0.05, 0) is 38.6 Å². The van der Waals surface area contributed by atoms with Gasteiger partial charge in [0.2, 0.25) is 5.91 Å². The molecule has 0 radical (unpaired) electrons. The van der Waals surface area contributed by atoms with Crippen LogP contribution in [0.3, 0.4) is 0 Å². The number of aromatic nitrogens is 1. The minimum absolute atomic E-state index is 0.184. The van der Waals surface area contributed by atoms with E-state index in [-0.39, 0.29) is 17.9 Å². The third-order valence-electron chi connectivity index (χ3n) is 5.36. The van der Waals surface area contributed by atoms with E-state index in [0.717, 1.165) is 12.8 Å². The summed E-state index contributed by atoms with van der Waals surface area (Å²) in [4.78, 5) is 14.7. The van der Waals surface area contributed by atoms with Crippen LogP contribution in [-0.2, 0) is 11.8 Å². The summed E-state index contributed by atoms with van der Waals surface area (Å²) >= 11 is 0. The van der Waals surface area contributed by atoms with Crippen molar-refractivity contribution in [3.63, 3.8) is 0 Å². The zero-order valence-electron chi connectivity index (χ0n) is 15.1. The number of hydrogen-bond donors (Lipinski definition) is 1. The lowest BCUT2D eigenvalue weighted by atomic mass is 9.88. The maximum Gasteiger partial charge on any atom is 0.223 e. The summed E-state index contributed by atoms with van der Waals surface area (Å²) in [7, 11) is 6.25. The second-order valence-electron chi connectivity index (χ2n) is 7.27. The molecule has 1 unspecified atom stereocenters. The van der Waals surface area contributed by atoms with Crippen molar-refractivity contribution in [2.45, 2.75) is 38.1 Å². The Morgan fingerprint density at radius 3 is 2.67 bits per heavy atom. The number of carbonyl (C=O) groups excluding carboxylic acids is 1. The van der Waals surface area contributed by atoms with Crippen molar-refractivity contribution in [1.82, 2.24) is 14.8 Å². The van der Waals surface area contributed by atoms with Crippen LogP contribution >= 0.6 is 0 Å². The van der Waals surface area contributed by atoms with E-state index in [1.807, 2.05) is 0 Å². The molecule has 1 aliphatic carbocycles. The summed E-state index contributed by atoms with van der Waals surface area (Å²) in [6.07, 6.45) is 7.96. The van der Waals surface area contributed by atoms with E-state index in [2.05, 4.69) is 66.4 Å². The van der Waals surface area contributed by atoms with Gasteiger partial charge in [-0.2, -0.15) is 0 Å². The highest BCUT2D eigenvalue weighted by molar-refractivity contribution is 5.84. The molecule has 3 rings (SSSR count). The van der Waals surface area contributed by atoms with E-state index in [1.165, 1.54) is 35.7 Å². The number of amides is 1. The molecule has 0 bridgehead atoms. The molecule has 1 amide bonds. The van der Waals surface area contributed by atoms with Gasteiger partial charge in [-0.3, -0.25) is 4.79 Å². The molecule has 2 aromatic rings. The lowest BCUT2D eigenvalue weighted by Gasteiger charge is -2.27. The third kappa shape index (κ3) is 3.48. The van der Waals surface area contributed by atoms with Gasteiger partial charge in [0.25, 0.3) is 0 Å². The fourth-order valence-corrected chi connectivity index (χ4v) is 3.92. The molecule has 4 heteroatoms. The van der Waals surface area contributed by atoms with Crippen LogP contribution in [0.25, 0.3) is 10.9 Å². The molecule has 1 saturated carbocycles. The fraction of sp³-hybridized carbons (Fsp3) is 0.550. The Balaban J connectivity index is 1.76. The molecule has 1 N–H and O–H groups in total. The Bertz CT molecular complexity index is 698. The first-order chi connectivity index (χ1) is 11.6. The first-order valence-corrected chi connectivity index (χ1v) is 9.06. The molecular formula is C20H29N3O. The molecule has 0 spiro atoms. The molecule has 130 valence electrons. The third-order valence-corrected chi connectivity index (χ3v) is 5.36. The second kappa shape index (κ2) is 7.39. The van der Waals surface area contributed by atoms with Gasteiger partial charge in [0.15, 0.2) is 0 Å². The number of likely N-dealkylation sites (N-methyl/N-ethyl adjacent to an activating group) is 1.